The van der Waals surface area contributed by atoms with E-state index in [0.29, 0.717) is 28.4 Å². The second kappa shape index (κ2) is 11.0. The summed E-state index contributed by atoms with van der Waals surface area (Å²) in [6.45, 7) is -0.126. The smallest absolute Gasteiger partial charge is 0.259 e. The van der Waals surface area contributed by atoms with Gasteiger partial charge in [-0.15, -0.1) is 6.42 Å². The van der Waals surface area contributed by atoms with Crippen LogP contribution in [-0.4, -0.2) is 45.4 Å². The van der Waals surface area contributed by atoms with Gasteiger partial charge in [0.05, 0.1) is 27.0 Å². The summed E-state index contributed by atoms with van der Waals surface area (Å²) in [6, 6.07) is 11.8. The zero-order chi connectivity index (χ0) is 21.1. The number of hydrogen-bond donors (Lipinski definition) is 2. The lowest BCUT2D eigenvalue weighted by molar-refractivity contribution is -0.120. The highest BCUT2D eigenvalue weighted by molar-refractivity contribution is 5.97. The van der Waals surface area contributed by atoms with Gasteiger partial charge in [0.15, 0.2) is 11.5 Å². The first-order chi connectivity index (χ1) is 14.1. The Labute approximate surface area is 168 Å². The highest BCUT2D eigenvalue weighted by Crippen LogP contribution is 2.27. The fraction of sp³-hybridized carbons (Fsp3) is 0.190. The molecule has 2 N–H and O–H groups in total. The molecule has 0 aliphatic carbocycles. The number of nitrogens with zero attached hydrogens (tertiary/aromatic N) is 1. The molecule has 2 rings (SSSR count). The summed E-state index contributed by atoms with van der Waals surface area (Å²) in [5.41, 5.74) is 3.32. The molecule has 2 aromatic rings. The standard InChI is InChI=1S/C21H21N3O5/c1-4-11-29-17-8-6-5-7-16(17)13-23-24-20(25)14-22-21(26)15-9-10-18(27-2)19(12-15)28-3/h1,5-10,12-13H,11,14H2,2-3H3,(H,22,26)(H,24,25)/b23-13+. The molecule has 29 heavy (non-hydrogen) atoms. The lowest BCUT2D eigenvalue weighted by atomic mass is 10.2. The molecule has 0 saturated heterocycles. The van der Waals surface area contributed by atoms with Gasteiger partial charge >= 0.3 is 0 Å². The van der Waals surface area contributed by atoms with E-state index in [1.54, 1.807) is 36.4 Å². The summed E-state index contributed by atoms with van der Waals surface area (Å²) in [5, 5.41) is 6.37. The quantitative estimate of drug-likeness (QED) is 0.382. The minimum Gasteiger partial charge on any atom is -0.493 e. The monoisotopic (exact) mass is 395 g/mol. The number of terminal acetylenes is 1. The fourth-order valence-corrected chi connectivity index (χ4v) is 2.29. The number of hydrogen-bond acceptors (Lipinski definition) is 6. The minimum absolute atomic E-state index is 0.124. The molecule has 0 aromatic heterocycles. The van der Waals surface area contributed by atoms with Gasteiger partial charge in [-0.2, -0.15) is 5.10 Å². The molecule has 2 aromatic carbocycles. The van der Waals surface area contributed by atoms with E-state index >= 15 is 0 Å². The van der Waals surface area contributed by atoms with Crippen molar-refractivity contribution in [1.82, 2.24) is 10.7 Å². The van der Waals surface area contributed by atoms with Gasteiger partial charge in [-0.25, -0.2) is 5.43 Å². The molecule has 0 aliphatic heterocycles. The number of benzene rings is 2. The predicted molar refractivity (Wildman–Crippen MR) is 108 cm³/mol. The second-order valence-electron chi connectivity index (χ2n) is 5.58. The number of amides is 2. The van der Waals surface area contributed by atoms with Crippen LogP contribution in [0.15, 0.2) is 47.6 Å². The molecule has 0 aliphatic rings. The molecule has 0 heterocycles. The van der Waals surface area contributed by atoms with Gasteiger partial charge in [0.2, 0.25) is 0 Å². The zero-order valence-corrected chi connectivity index (χ0v) is 16.1. The third kappa shape index (κ3) is 6.29. The normalized spacial score (nSPS) is 10.1. The molecular weight excluding hydrogens is 374 g/mol. The van der Waals surface area contributed by atoms with Crippen LogP contribution in [0.5, 0.6) is 17.2 Å². The van der Waals surface area contributed by atoms with Crippen LogP contribution in [0.25, 0.3) is 0 Å². The van der Waals surface area contributed by atoms with Crippen LogP contribution >= 0.6 is 0 Å². The van der Waals surface area contributed by atoms with Crippen LogP contribution in [0.2, 0.25) is 0 Å². The largest absolute Gasteiger partial charge is 0.493 e. The molecule has 0 bridgehead atoms. The van der Waals surface area contributed by atoms with Gasteiger partial charge in [-0.05, 0) is 30.3 Å². The average molecular weight is 395 g/mol. The Morgan fingerprint density at radius 1 is 1.10 bits per heavy atom. The number of hydrazone groups is 1. The summed E-state index contributed by atoms with van der Waals surface area (Å²) in [5.74, 6) is 2.92. The topological polar surface area (TPSA) is 98.2 Å². The van der Waals surface area contributed by atoms with Crippen LogP contribution in [0, 0.1) is 12.3 Å². The Bertz CT molecular complexity index is 934. The number of carbonyl (C=O) groups is 2. The van der Waals surface area contributed by atoms with E-state index in [4.69, 9.17) is 20.6 Å². The highest BCUT2D eigenvalue weighted by Gasteiger charge is 2.11. The van der Waals surface area contributed by atoms with Crippen molar-refractivity contribution in [3.05, 3.63) is 53.6 Å². The highest BCUT2D eigenvalue weighted by atomic mass is 16.5. The maximum absolute atomic E-state index is 12.2. The molecule has 0 fully saturated rings. The van der Waals surface area contributed by atoms with Crippen molar-refractivity contribution in [2.24, 2.45) is 5.10 Å². The number of rotatable bonds is 9. The summed E-state index contributed by atoms with van der Waals surface area (Å²) >= 11 is 0. The summed E-state index contributed by atoms with van der Waals surface area (Å²) < 4.78 is 15.7. The van der Waals surface area contributed by atoms with Gasteiger partial charge in [0, 0.05) is 11.1 Å². The van der Waals surface area contributed by atoms with Crippen molar-refractivity contribution < 1.29 is 23.8 Å². The first kappa shape index (κ1) is 21.3. The number of carbonyl (C=O) groups excluding carboxylic acids is 2. The van der Waals surface area contributed by atoms with E-state index in [9.17, 15) is 9.59 Å². The van der Waals surface area contributed by atoms with Crippen molar-refractivity contribution in [1.29, 1.82) is 0 Å². The number of methoxy groups -OCH3 is 2. The molecular formula is C21H21N3O5. The predicted octanol–water partition coefficient (Wildman–Crippen LogP) is 1.60. The molecule has 0 saturated carbocycles. The molecule has 0 atom stereocenters. The molecule has 8 nitrogen and oxygen atoms in total. The van der Waals surface area contributed by atoms with E-state index < -0.39 is 11.8 Å². The van der Waals surface area contributed by atoms with Crippen LogP contribution in [0.3, 0.4) is 0 Å². The van der Waals surface area contributed by atoms with Gasteiger partial charge < -0.3 is 19.5 Å². The lowest BCUT2D eigenvalue weighted by Gasteiger charge is -2.09. The first-order valence-corrected chi connectivity index (χ1v) is 8.56. The summed E-state index contributed by atoms with van der Waals surface area (Å²) in [6.07, 6.45) is 6.61. The summed E-state index contributed by atoms with van der Waals surface area (Å²) in [7, 11) is 2.98. The Hall–Kier alpha value is -3.99. The third-order valence-corrected chi connectivity index (χ3v) is 3.68. The molecule has 8 heteroatoms. The van der Waals surface area contributed by atoms with Crippen molar-refractivity contribution in [3.8, 4) is 29.6 Å². The number of ether oxygens (including phenoxy) is 3. The summed E-state index contributed by atoms with van der Waals surface area (Å²) in [4.78, 5) is 24.1. The van der Waals surface area contributed by atoms with E-state index in [-0.39, 0.29) is 13.2 Å². The van der Waals surface area contributed by atoms with Crippen molar-refractivity contribution in [3.63, 3.8) is 0 Å². The van der Waals surface area contributed by atoms with Crippen LogP contribution in [0.4, 0.5) is 0 Å². The third-order valence-electron chi connectivity index (χ3n) is 3.68. The maximum atomic E-state index is 12.2. The number of nitrogens with one attached hydrogen (secondary N) is 2. The van der Waals surface area contributed by atoms with Crippen LogP contribution in [0.1, 0.15) is 15.9 Å². The Morgan fingerprint density at radius 3 is 2.59 bits per heavy atom. The Kier molecular flexibility index (Phi) is 8.08. The van der Waals surface area contributed by atoms with E-state index in [1.165, 1.54) is 26.5 Å². The van der Waals surface area contributed by atoms with Crippen molar-refractivity contribution in [2.75, 3.05) is 27.4 Å². The van der Waals surface area contributed by atoms with E-state index in [0.717, 1.165) is 0 Å². The average Bonchev–Trinajstić information content (AvgIpc) is 2.76. The van der Waals surface area contributed by atoms with Crippen LogP contribution < -0.4 is 25.0 Å². The van der Waals surface area contributed by atoms with Gasteiger partial charge in [-0.1, -0.05) is 18.1 Å². The fourth-order valence-electron chi connectivity index (χ4n) is 2.29. The Morgan fingerprint density at radius 2 is 1.86 bits per heavy atom. The molecule has 0 spiro atoms. The van der Waals surface area contributed by atoms with Crippen molar-refractivity contribution in [2.45, 2.75) is 0 Å². The maximum Gasteiger partial charge on any atom is 0.259 e. The Balaban J connectivity index is 1.88. The number of para-hydroxylation sites is 1. The van der Waals surface area contributed by atoms with Gasteiger partial charge in [-0.3, -0.25) is 9.59 Å². The zero-order valence-electron chi connectivity index (χ0n) is 16.1. The van der Waals surface area contributed by atoms with Gasteiger partial charge in [0.25, 0.3) is 11.8 Å². The molecule has 150 valence electrons. The minimum atomic E-state index is -0.489. The second-order valence-corrected chi connectivity index (χ2v) is 5.58. The van der Waals surface area contributed by atoms with Crippen LogP contribution in [-0.2, 0) is 4.79 Å². The lowest BCUT2D eigenvalue weighted by Crippen LogP contribution is -2.34. The van der Waals surface area contributed by atoms with Gasteiger partial charge in [0.1, 0.15) is 12.4 Å². The van der Waals surface area contributed by atoms with Crippen molar-refractivity contribution >= 4 is 18.0 Å². The molecule has 0 unspecified atom stereocenters. The first-order valence-electron chi connectivity index (χ1n) is 8.56. The SMILES string of the molecule is C#CCOc1ccccc1/C=N/NC(=O)CNC(=O)c1ccc(OC)c(OC)c1. The molecule has 2 amide bonds. The van der Waals surface area contributed by atoms with E-state index in [1.807, 2.05) is 0 Å². The van der Waals surface area contributed by atoms with E-state index in [2.05, 4.69) is 21.8 Å². The molecule has 0 radical (unpaired) electrons.